The molecule has 1 aliphatic rings. The Balaban J connectivity index is 2.43. The number of nitrogen functional groups attached to an aromatic ring is 1. The van der Waals surface area contributed by atoms with Gasteiger partial charge in [0.2, 0.25) is 5.13 Å². The van der Waals surface area contributed by atoms with Crippen LogP contribution < -0.4 is 5.73 Å². The fourth-order valence-electron chi connectivity index (χ4n) is 2.03. The molecule has 0 unspecified atom stereocenters. The lowest BCUT2D eigenvalue weighted by molar-refractivity contribution is -0.189. The first-order chi connectivity index (χ1) is 6.96. The van der Waals surface area contributed by atoms with E-state index >= 15 is 0 Å². The molecule has 1 saturated carbocycles. The number of rotatable bonds is 1. The Labute approximate surface area is 88.5 Å². The van der Waals surface area contributed by atoms with Crippen molar-refractivity contribution >= 4 is 16.5 Å². The van der Waals surface area contributed by atoms with Gasteiger partial charge in [-0.05, 0) is 12.8 Å². The molecule has 0 saturated heterocycles. The van der Waals surface area contributed by atoms with E-state index in [0.717, 1.165) is 11.3 Å². The van der Waals surface area contributed by atoms with Crippen molar-refractivity contribution in [3.8, 4) is 0 Å². The van der Waals surface area contributed by atoms with Crippen molar-refractivity contribution < 1.29 is 13.2 Å². The summed E-state index contributed by atoms with van der Waals surface area (Å²) < 4.78 is 39.0. The molecule has 1 aliphatic carbocycles. The molecule has 2 N–H and O–H groups in total. The Morgan fingerprint density at radius 1 is 1.20 bits per heavy atom. The Bertz CT molecular complexity index is 354. The lowest BCUT2D eigenvalue weighted by Gasteiger charge is -2.28. The average molecular weight is 237 g/mol. The number of alkyl halides is 3. The van der Waals surface area contributed by atoms with Gasteiger partial charge in [0, 0.05) is 0 Å². The molecule has 84 valence electrons. The minimum atomic E-state index is -4.25. The predicted molar refractivity (Wildman–Crippen MR) is 50.5 cm³/mol. The largest absolute Gasteiger partial charge is 0.400 e. The van der Waals surface area contributed by atoms with Crippen molar-refractivity contribution in [2.24, 2.45) is 0 Å². The molecule has 0 aromatic carbocycles. The van der Waals surface area contributed by atoms with Crippen LogP contribution in [-0.2, 0) is 5.41 Å². The van der Waals surface area contributed by atoms with Crippen LogP contribution in [0.1, 0.15) is 30.7 Å². The third-order valence-electron chi connectivity index (χ3n) is 2.85. The van der Waals surface area contributed by atoms with Crippen LogP contribution in [0.25, 0.3) is 0 Å². The van der Waals surface area contributed by atoms with Crippen LogP contribution >= 0.6 is 11.3 Å². The molecule has 3 nitrogen and oxygen atoms in total. The van der Waals surface area contributed by atoms with Gasteiger partial charge in [-0.2, -0.15) is 13.2 Å². The zero-order chi connectivity index (χ0) is 11.1. The molecule has 0 atom stereocenters. The molecular weight excluding hydrogens is 227 g/mol. The van der Waals surface area contributed by atoms with E-state index < -0.39 is 11.6 Å². The molecule has 0 bridgehead atoms. The SMILES string of the molecule is Nc1nnc(C2(C(F)(F)F)CCCC2)s1. The minimum absolute atomic E-state index is 0.0185. The Morgan fingerprint density at radius 3 is 2.20 bits per heavy atom. The maximum atomic E-state index is 13.0. The maximum Gasteiger partial charge on any atom is 0.400 e. The molecule has 0 amide bonds. The molecule has 7 heteroatoms. The van der Waals surface area contributed by atoms with E-state index in [9.17, 15) is 13.2 Å². The summed E-state index contributed by atoms with van der Waals surface area (Å²) in [5.74, 6) is 0. The normalized spacial score (nSPS) is 20.7. The summed E-state index contributed by atoms with van der Waals surface area (Å²) in [6.45, 7) is 0. The molecule has 1 fully saturated rings. The van der Waals surface area contributed by atoms with Gasteiger partial charge in [-0.15, -0.1) is 10.2 Å². The van der Waals surface area contributed by atoms with Gasteiger partial charge in [0.15, 0.2) is 0 Å². The van der Waals surface area contributed by atoms with Gasteiger partial charge < -0.3 is 5.73 Å². The standard InChI is InChI=1S/C8H10F3N3S/c9-8(10,11)7(3-1-2-4-7)5-13-14-6(12)15-5/h1-4H2,(H2,12,14). The second-order valence-electron chi connectivity index (χ2n) is 3.73. The summed E-state index contributed by atoms with van der Waals surface area (Å²) >= 11 is 0.846. The number of hydrogen-bond donors (Lipinski definition) is 1. The Hall–Kier alpha value is -0.850. The molecule has 0 radical (unpaired) electrons. The highest BCUT2D eigenvalue weighted by Crippen LogP contribution is 2.52. The molecule has 2 rings (SSSR count). The van der Waals surface area contributed by atoms with E-state index in [4.69, 9.17) is 5.73 Å². The number of halogens is 3. The summed E-state index contributed by atoms with van der Waals surface area (Å²) in [5, 5.41) is 7.14. The average Bonchev–Trinajstić information content (AvgIpc) is 2.69. The molecule has 0 aliphatic heterocycles. The van der Waals surface area contributed by atoms with Gasteiger partial charge >= 0.3 is 6.18 Å². The lowest BCUT2D eigenvalue weighted by atomic mass is 9.86. The highest BCUT2D eigenvalue weighted by molar-refractivity contribution is 7.15. The highest BCUT2D eigenvalue weighted by Gasteiger charge is 2.59. The van der Waals surface area contributed by atoms with Gasteiger partial charge in [-0.25, -0.2) is 0 Å². The summed E-state index contributed by atoms with van der Waals surface area (Å²) in [4.78, 5) is 0. The monoisotopic (exact) mass is 237 g/mol. The van der Waals surface area contributed by atoms with Gasteiger partial charge in [-0.1, -0.05) is 24.2 Å². The van der Waals surface area contributed by atoms with Crippen LogP contribution in [0, 0.1) is 0 Å². The third-order valence-corrected chi connectivity index (χ3v) is 3.81. The predicted octanol–water partition coefficient (Wildman–Crippen LogP) is 2.49. The number of anilines is 1. The van der Waals surface area contributed by atoms with Crippen LogP contribution in [0.5, 0.6) is 0 Å². The third kappa shape index (κ3) is 1.58. The van der Waals surface area contributed by atoms with Gasteiger partial charge in [0.1, 0.15) is 10.4 Å². The zero-order valence-electron chi connectivity index (χ0n) is 7.84. The topological polar surface area (TPSA) is 51.8 Å². The van der Waals surface area contributed by atoms with E-state index in [1.807, 2.05) is 0 Å². The first-order valence-electron chi connectivity index (χ1n) is 4.62. The lowest BCUT2D eigenvalue weighted by Crippen LogP contribution is -2.39. The van der Waals surface area contributed by atoms with E-state index in [1.54, 1.807) is 0 Å². The second-order valence-corrected chi connectivity index (χ2v) is 4.74. The van der Waals surface area contributed by atoms with E-state index in [0.29, 0.717) is 12.8 Å². The molecule has 1 heterocycles. The summed E-state index contributed by atoms with van der Waals surface area (Å²) in [5.41, 5.74) is 3.54. The Kier molecular flexibility index (Phi) is 2.37. The number of hydrogen-bond acceptors (Lipinski definition) is 4. The van der Waals surface area contributed by atoms with Crippen LogP contribution in [0.2, 0.25) is 0 Å². The van der Waals surface area contributed by atoms with Crippen molar-refractivity contribution in [1.29, 1.82) is 0 Å². The van der Waals surface area contributed by atoms with Crippen molar-refractivity contribution in [1.82, 2.24) is 10.2 Å². The van der Waals surface area contributed by atoms with Crippen molar-refractivity contribution in [3.63, 3.8) is 0 Å². The van der Waals surface area contributed by atoms with Crippen LogP contribution in [-0.4, -0.2) is 16.4 Å². The smallest absolute Gasteiger partial charge is 0.374 e. The maximum absolute atomic E-state index is 13.0. The Morgan fingerprint density at radius 2 is 1.80 bits per heavy atom. The molecule has 1 aromatic heterocycles. The van der Waals surface area contributed by atoms with E-state index in [1.165, 1.54) is 0 Å². The fraction of sp³-hybridized carbons (Fsp3) is 0.750. The zero-order valence-corrected chi connectivity index (χ0v) is 8.66. The molecule has 0 spiro atoms. The van der Waals surface area contributed by atoms with Gasteiger partial charge in [0.05, 0.1) is 0 Å². The van der Waals surface area contributed by atoms with E-state index in [2.05, 4.69) is 10.2 Å². The van der Waals surface area contributed by atoms with Crippen molar-refractivity contribution in [2.45, 2.75) is 37.3 Å². The molecule has 1 aromatic rings. The summed E-state index contributed by atoms with van der Waals surface area (Å²) in [6, 6.07) is 0. The first-order valence-corrected chi connectivity index (χ1v) is 5.43. The minimum Gasteiger partial charge on any atom is -0.374 e. The summed E-state index contributed by atoms with van der Waals surface area (Å²) in [7, 11) is 0. The number of nitrogens with zero attached hydrogens (tertiary/aromatic N) is 2. The number of aromatic nitrogens is 2. The quantitative estimate of drug-likeness (QED) is 0.816. The van der Waals surface area contributed by atoms with E-state index in [-0.39, 0.29) is 23.0 Å². The summed E-state index contributed by atoms with van der Waals surface area (Å²) in [6.07, 6.45) is -2.89. The van der Waals surface area contributed by atoms with Gasteiger partial charge in [-0.3, -0.25) is 0 Å². The van der Waals surface area contributed by atoms with Crippen molar-refractivity contribution in [3.05, 3.63) is 5.01 Å². The van der Waals surface area contributed by atoms with Gasteiger partial charge in [0.25, 0.3) is 0 Å². The second kappa shape index (κ2) is 3.33. The first kappa shape index (κ1) is 10.7. The highest BCUT2D eigenvalue weighted by atomic mass is 32.1. The molecular formula is C8H10F3N3S. The van der Waals surface area contributed by atoms with Crippen LogP contribution in [0.4, 0.5) is 18.3 Å². The van der Waals surface area contributed by atoms with Crippen LogP contribution in [0.3, 0.4) is 0 Å². The number of nitrogens with two attached hydrogens (primary N) is 1. The molecule has 15 heavy (non-hydrogen) atoms. The van der Waals surface area contributed by atoms with Crippen molar-refractivity contribution in [2.75, 3.05) is 5.73 Å². The van der Waals surface area contributed by atoms with Crippen LogP contribution in [0.15, 0.2) is 0 Å². The fourth-order valence-corrected chi connectivity index (χ4v) is 2.90.